The molecule has 0 aliphatic carbocycles. The van der Waals surface area contributed by atoms with Gasteiger partial charge < -0.3 is 14.8 Å². The summed E-state index contributed by atoms with van der Waals surface area (Å²) >= 11 is 0. The summed E-state index contributed by atoms with van der Waals surface area (Å²) in [6, 6.07) is 11.7. The van der Waals surface area contributed by atoms with Crippen LogP contribution in [0.5, 0.6) is 0 Å². The van der Waals surface area contributed by atoms with Crippen molar-refractivity contribution in [3.63, 3.8) is 0 Å². The number of anilines is 1. The number of nitrogens with one attached hydrogen (secondary N) is 1. The molecule has 0 saturated carbocycles. The molecule has 0 unspecified atom stereocenters. The first-order chi connectivity index (χ1) is 11.8. The Balaban J connectivity index is 1.49. The zero-order valence-corrected chi connectivity index (χ0v) is 13.4. The standard InChI is InChI=1S/C18H19N5O/c24-18(15-5-4-14-6-8-19-16(14)13-15)23-10-2-9-22(11-12-23)17-3-1-7-20-21-17/h1,3-8,13,19H,2,9-12H2. The minimum absolute atomic E-state index is 0.0903. The number of benzene rings is 1. The summed E-state index contributed by atoms with van der Waals surface area (Å²) in [5.41, 5.74) is 1.73. The third kappa shape index (κ3) is 2.82. The molecular formula is C18H19N5O. The number of aromatic nitrogens is 3. The first-order valence-electron chi connectivity index (χ1n) is 8.20. The number of carbonyl (C=O) groups is 1. The van der Waals surface area contributed by atoms with E-state index in [4.69, 9.17) is 0 Å². The van der Waals surface area contributed by atoms with Gasteiger partial charge in [0.05, 0.1) is 0 Å². The van der Waals surface area contributed by atoms with Crippen LogP contribution in [0.4, 0.5) is 5.82 Å². The zero-order chi connectivity index (χ0) is 16.4. The van der Waals surface area contributed by atoms with E-state index >= 15 is 0 Å². The molecule has 2 aromatic heterocycles. The number of carbonyl (C=O) groups excluding carboxylic acids is 1. The number of H-pyrrole nitrogens is 1. The van der Waals surface area contributed by atoms with Gasteiger partial charge in [-0.15, -0.1) is 5.10 Å². The first kappa shape index (κ1) is 14.7. The van der Waals surface area contributed by atoms with E-state index in [0.29, 0.717) is 6.54 Å². The van der Waals surface area contributed by atoms with E-state index in [0.717, 1.165) is 48.3 Å². The van der Waals surface area contributed by atoms with Crippen LogP contribution in [0, 0.1) is 0 Å². The Bertz CT molecular complexity index is 845. The van der Waals surface area contributed by atoms with Crippen molar-refractivity contribution >= 4 is 22.6 Å². The Morgan fingerprint density at radius 1 is 1.08 bits per heavy atom. The smallest absolute Gasteiger partial charge is 0.253 e. The molecular weight excluding hydrogens is 302 g/mol. The summed E-state index contributed by atoms with van der Waals surface area (Å²) in [6.45, 7) is 3.11. The van der Waals surface area contributed by atoms with Crippen molar-refractivity contribution < 1.29 is 4.79 Å². The minimum Gasteiger partial charge on any atom is -0.361 e. The highest BCUT2D eigenvalue weighted by atomic mass is 16.2. The van der Waals surface area contributed by atoms with Gasteiger partial charge in [0.15, 0.2) is 5.82 Å². The number of hydrogen-bond donors (Lipinski definition) is 1. The van der Waals surface area contributed by atoms with Crippen molar-refractivity contribution in [3.05, 3.63) is 54.4 Å². The molecule has 6 nitrogen and oxygen atoms in total. The highest BCUT2D eigenvalue weighted by Gasteiger charge is 2.21. The second-order valence-corrected chi connectivity index (χ2v) is 5.99. The Morgan fingerprint density at radius 3 is 2.92 bits per heavy atom. The maximum Gasteiger partial charge on any atom is 0.253 e. The molecule has 1 aliphatic heterocycles. The Kier molecular flexibility index (Phi) is 3.86. The molecule has 122 valence electrons. The summed E-state index contributed by atoms with van der Waals surface area (Å²) in [5.74, 6) is 0.965. The van der Waals surface area contributed by atoms with Crippen molar-refractivity contribution in [2.24, 2.45) is 0 Å². The van der Waals surface area contributed by atoms with Crippen molar-refractivity contribution in [3.8, 4) is 0 Å². The summed E-state index contributed by atoms with van der Waals surface area (Å²) in [5, 5.41) is 9.23. The average Bonchev–Trinajstić information content (AvgIpc) is 2.96. The maximum absolute atomic E-state index is 12.8. The molecule has 3 aromatic rings. The van der Waals surface area contributed by atoms with E-state index < -0.39 is 0 Å². The van der Waals surface area contributed by atoms with Crippen LogP contribution in [0.25, 0.3) is 10.9 Å². The van der Waals surface area contributed by atoms with Crippen LogP contribution in [0.1, 0.15) is 16.8 Å². The monoisotopic (exact) mass is 321 g/mol. The number of nitrogens with zero attached hydrogens (tertiary/aromatic N) is 4. The SMILES string of the molecule is O=C(c1ccc2cc[nH]c2c1)N1CCCN(c2cccnn2)CC1. The van der Waals surface area contributed by atoms with Gasteiger partial charge in [0.1, 0.15) is 0 Å². The van der Waals surface area contributed by atoms with Gasteiger partial charge in [-0.3, -0.25) is 4.79 Å². The second kappa shape index (κ2) is 6.31. The second-order valence-electron chi connectivity index (χ2n) is 5.99. The van der Waals surface area contributed by atoms with Crippen LogP contribution in [0.3, 0.4) is 0 Å². The highest BCUT2D eigenvalue weighted by Crippen LogP contribution is 2.17. The van der Waals surface area contributed by atoms with Crippen LogP contribution >= 0.6 is 0 Å². The summed E-state index contributed by atoms with van der Waals surface area (Å²) in [4.78, 5) is 20.1. The van der Waals surface area contributed by atoms with Gasteiger partial charge in [0.25, 0.3) is 5.91 Å². The van der Waals surface area contributed by atoms with Crippen LogP contribution in [-0.4, -0.2) is 52.2 Å². The summed E-state index contributed by atoms with van der Waals surface area (Å²) in [6.07, 6.45) is 4.49. The van der Waals surface area contributed by atoms with Gasteiger partial charge in [-0.1, -0.05) is 6.07 Å². The fourth-order valence-corrected chi connectivity index (χ4v) is 3.18. The molecule has 24 heavy (non-hydrogen) atoms. The lowest BCUT2D eigenvalue weighted by Gasteiger charge is -2.22. The average molecular weight is 321 g/mol. The van der Waals surface area contributed by atoms with E-state index in [2.05, 4.69) is 20.1 Å². The minimum atomic E-state index is 0.0903. The van der Waals surface area contributed by atoms with Gasteiger partial charge in [0.2, 0.25) is 0 Å². The topological polar surface area (TPSA) is 65.1 Å². The number of rotatable bonds is 2. The van der Waals surface area contributed by atoms with E-state index in [9.17, 15) is 4.79 Å². The molecule has 0 atom stereocenters. The molecule has 1 N–H and O–H groups in total. The fourth-order valence-electron chi connectivity index (χ4n) is 3.18. The Hall–Kier alpha value is -2.89. The first-order valence-corrected chi connectivity index (χ1v) is 8.20. The van der Waals surface area contributed by atoms with Gasteiger partial charge in [-0.2, -0.15) is 5.10 Å². The maximum atomic E-state index is 12.8. The summed E-state index contributed by atoms with van der Waals surface area (Å²) in [7, 11) is 0. The predicted octanol–water partition coefficient (Wildman–Crippen LogP) is 2.31. The van der Waals surface area contributed by atoms with Gasteiger partial charge in [0, 0.05) is 49.7 Å². The molecule has 4 rings (SSSR count). The number of aromatic amines is 1. The third-order valence-electron chi connectivity index (χ3n) is 4.47. The molecule has 1 saturated heterocycles. The lowest BCUT2D eigenvalue weighted by molar-refractivity contribution is 0.0767. The van der Waals surface area contributed by atoms with E-state index in [1.165, 1.54) is 0 Å². The quantitative estimate of drug-likeness (QED) is 0.786. The molecule has 1 fully saturated rings. The van der Waals surface area contributed by atoms with Gasteiger partial charge in [-0.25, -0.2) is 0 Å². The van der Waals surface area contributed by atoms with Crippen molar-refractivity contribution in [1.29, 1.82) is 0 Å². The Morgan fingerprint density at radius 2 is 2.04 bits per heavy atom. The molecule has 0 spiro atoms. The highest BCUT2D eigenvalue weighted by molar-refractivity contribution is 5.98. The predicted molar refractivity (Wildman–Crippen MR) is 93.1 cm³/mol. The molecule has 0 bridgehead atoms. The molecule has 6 heteroatoms. The third-order valence-corrected chi connectivity index (χ3v) is 4.47. The number of fused-ring (bicyclic) bond motifs is 1. The zero-order valence-electron chi connectivity index (χ0n) is 13.4. The van der Waals surface area contributed by atoms with Crippen LogP contribution < -0.4 is 4.90 Å². The summed E-state index contributed by atoms with van der Waals surface area (Å²) < 4.78 is 0. The lowest BCUT2D eigenvalue weighted by atomic mass is 10.1. The van der Waals surface area contributed by atoms with Crippen molar-refractivity contribution in [2.75, 3.05) is 31.1 Å². The fraction of sp³-hybridized carbons (Fsp3) is 0.278. The lowest BCUT2D eigenvalue weighted by Crippen LogP contribution is -2.35. The number of amides is 1. The van der Waals surface area contributed by atoms with Crippen LogP contribution in [-0.2, 0) is 0 Å². The molecule has 1 aliphatic rings. The van der Waals surface area contributed by atoms with Gasteiger partial charge >= 0.3 is 0 Å². The molecule has 0 radical (unpaired) electrons. The Labute approximate surface area is 140 Å². The van der Waals surface area contributed by atoms with Gasteiger partial charge in [-0.05, 0) is 42.1 Å². The van der Waals surface area contributed by atoms with Crippen LogP contribution in [0.2, 0.25) is 0 Å². The molecule has 1 aromatic carbocycles. The molecule has 3 heterocycles. The van der Waals surface area contributed by atoms with E-state index in [-0.39, 0.29) is 5.91 Å². The van der Waals surface area contributed by atoms with E-state index in [1.807, 2.05) is 47.5 Å². The van der Waals surface area contributed by atoms with Crippen LogP contribution in [0.15, 0.2) is 48.8 Å². The largest absolute Gasteiger partial charge is 0.361 e. The molecule has 1 amide bonds. The van der Waals surface area contributed by atoms with E-state index in [1.54, 1.807) is 6.20 Å². The van der Waals surface area contributed by atoms with Crippen molar-refractivity contribution in [1.82, 2.24) is 20.1 Å². The van der Waals surface area contributed by atoms with Crippen molar-refractivity contribution in [2.45, 2.75) is 6.42 Å². The number of hydrogen-bond acceptors (Lipinski definition) is 4. The normalized spacial score (nSPS) is 15.5.